The first-order chi connectivity index (χ1) is 9.24. The number of nitrogens with zero attached hydrogens (tertiary/aromatic N) is 7. The number of aromatic nitrogens is 6. The lowest BCUT2D eigenvalue weighted by Crippen LogP contribution is -2.33. The summed E-state index contributed by atoms with van der Waals surface area (Å²) < 4.78 is 1.47. The van der Waals surface area contributed by atoms with Gasteiger partial charge in [-0.1, -0.05) is 0 Å². The Kier molecular flexibility index (Phi) is 3.20. The summed E-state index contributed by atoms with van der Waals surface area (Å²) >= 11 is 1.94. The molecule has 3 heterocycles. The van der Waals surface area contributed by atoms with E-state index in [1.165, 1.54) is 23.1 Å². The van der Waals surface area contributed by atoms with Gasteiger partial charge in [0.15, 0.2) is 0 Å². The van der Waals surface area contributed by atoms with Crippen molar-refractivity contribution in [3.8, 4) is 5.95 Å². The van der Waals surface area contributed by atoms with E-state index in [0.29, 0.717) is 17.9 Å². The highest BCUT2D eigenvalue weighted by molar-refractivity contribution is 7.99. The van der Waals surface area contributed by atoms with Crippen molar-refractivity contribution in [2.24, 2.45) is 0 Å². The van der Waals surface area contributed by atoms with Crippen LogP contribution in [0.3, 0.4) is 0 Å². The van der Waals surface area contributed by atoms with E-state index in [-0.39, 0.29) is 5.95 Å². The van der Waals surface area contributed by atoms with Crippen molar-refractivity contribution in [2.45, 2.75) is 12.5 Å². The Labute approximate surface area is 114 Å². The zero-order valence-corrected chi connectivity index (χ0v) is 11.3. The molecule has 2 N–H and O–H groups in total. The van der Waals surface area contributed by atoms with Crippen LogP contribution in [-0.2, 0) is 0 Å². The van der Waals surface area contributed by atoms with E-state index in [2.05, 4.69) is 29.9 Å². The standard InChI is InChI=1S/C10H14N8S/c1-17(7-2-3-19-4-7)9-14-8(11)15-10(16-9)18-6-12-5-13-18/h5-7H,2-4H2,1H3,(H2,11,14,15,16). The number of anilines is 2. The zero-order chi connectivity index (χ0) is 13.2. The summed E-state index contributed by atoms with van der Waals surface area (Å²) in [5.74, 6) is 3.41. The average Bonchev–Trinajstić information content (AvgIpc) is 3.10. The lowest BCUT2D eigenvalue weighted by molar-refractivity contribution is 0.673. The molecule has 0 aliphatic carbocycles. The number of rotatable bonds is 3. The maximum absolute atomic E-state index is 5.75. The van der Waals surface area contributed by atoms with Crippen molar-refractivity contribution in [2.75, 3.05) is 29.2 Å². The molecule has 3 rings (SSSR count). The quantitative estimate of drug-likeness (QED) is 0.836. The lowest BCUT2D eigenvalue weighted by atomic mass is 10.2. The van der Waals surface area contributed by atoms with Crippen molar-refractivity contribution in [3.63, 3.8) is 0 Å². The molecule has 19 heavy (non-hydrogen) atoms. The van der Waals surface area contributed by atoms with E-state index in [9.17, 15) is 0 Å². The summed E-state index contributed by atoms with van der Waals surface area (Å²) in [5.41, 5.74) is 5.75. The van der Waals surface area contributed by atoms with Crippen LogP contribution < -0.4 is 10.6 Å². The zero-order valence-electron chi connectivity index (χ0n) is 10.5. The third-order valence-electron chi connectivity index (χ3n) is 3.02. The molecule has 1 unspecified atom stereocenters. The molecule has 9 heteroatoms. The topological polar surface area (TPSA) is 98.6 Å². The first-order valence-corrected chi connectivity index (χ1v) is 7.06. The molecule has 0 spiro atoms. The Morgan fingerprint density at radius 2 is 2.32 bits per heavy atom. The summed E-state index contributed by atoms with van der Waals surface area (Å²) in [6, 6.07) is 0.440. The molecule has 2 aromatic heterocycles. The lowest BCUT2D eigenvalue weighted by Gasteiger charge is -2.23. The van der Waals surface area contributed by atoms with Crippen molar-refractivity contribution < 1.29 is 0 Å². The summed E-state index contributed by atoms with van der Waals surface area (Å²) in [4.78, 5) is 18.6. The predicted molar refractivity (Wildman–Crippen MR) is 73.3 cm³/mol. The van der Waals surface area contributed by atoms with E-state index < -0.39 is 0 Å². The smallest absolute Gasteiger partial charge is 0.258 e. The molecule has 8 nitrogen and oxygen atoms in total. The third kappa shape index (κ3) is 2.46. The van der Waals surface area contributed by atoms with Crippen LogP contribution in [-0.4, -0.2) is 54.3 Å². The summed E-state index contributed by atoms with van der Waals surface area (Å²) in [6.45, 7) is 0. The minimum absolute atomic E-state index is 0.188. The van der Waals surface area contributed by atoms with Crippen LogP contribution in [0, 0.1) is 0 Å². The fraction of sp³-hybridized carbons (Fsp3) is 0.500. The first kappa shape index (κ1) is 12.2. The molecule has 1 aliphatic heterocycles. The van der Waals surface area contributed by atoms with E-state index >= 15 is 0 Å². The SMILES string of the molecule is CN(c1nc(N)nc(-n2cncn2)n1)C1CCSC1. The molecule has 1 atom stereocenters. The number of nitrogen functional groups attached to an aromatic ring is 1. The van der Waals surface area contributed by atoms with E-state index in [4.69, 9.17) is 5.73 Å². The summed E-state index contributed by atoms with van der Waals surface area (Å²) in [6.07, 6.45) is 4.09. The fourth-order valence-electron chi connectivity index (χ4n) is 1.93. The monoisotopic (exact) mass is 278 g/mol. The Bertz CT molecular complexity index is 551. The minimum Gasteiger partial charge on any atom is -0.368 e. The molecule has 0 aromatic carbocycles. The summed E-state index contributed by atoms with van der Waals surface area (Å²) in [5, 5.41) is 4.00. The molecule has 2 aromatic rings. The van der Waals surface area contributed by atoms with Crippen molar-refractivity contribution in [1.29, 1.82) is 0 Å². The normalized spacial score (nSPS) is 18.7. The second-order valence-electron chi connectivity index (χ2n) is 4.26. The highest BCUT2D eigenvalue weighted by Gasteiger charge is 2.23. The van der Waals surface area contributed by atoms with Gasteiger partial charge in [0.2, 0.25) is 11.9 Å². The molecule has 0 radical (unpaired) electrons. The molecule has 0 saturated carbocycles. The van der Waals surface area contributed by atoms with Crippen molar-refractivity contribution in [3.05, 3.63) is 12.7 Å². The number of hydrogen-bond acceptors (Lipinski definition) is 8. The molecule has 1 fully saturated rings. The Morgan fingerprint density at radius 3 is 3.00 bits per heavy atom. The molecular weight excluding hydrogens is 264 g/mol. The number of nitrogens with two attached hydrogens (primary N) is 1. The van der Waals surface area contributed by atoms with E-state index in [0.717, 1.165) is 12.2 Å². The van der Waals surface area contributed by atoms with Crippen LogP contribution in [0.25, 0.3) is 5.95 Å². The van der Waals surface area contributed by atoms with E-state index in [1.807, 2.05) is 18.8 Å². The van der Waals surface area contributed by atoms with Gasteiger partial charge in [0.25, 0.3) is 5.95 Å². The Morgan fingerprint density at radius 1 is 1.42 bits per heavy atom. The highest BCUT2D eigenvalue weighted by atomic mass is 32.2. The van der Waals surface area contributed by atoms with Gasteiger partial charge in [-0.2, -0.15) is 36.5 Å². The maximum atomic E-state index is 5.75. The molecule has 100 valence electrons. The van der Waals surface area contributed by atoms with Crippen LogP contribution in [0.4, 0.5) is 11.9 Å². The van der Waals surface area contributed by atoms with Gasteiger partial charge in [-0.15, -0.1) is 0 Å². The van der Waals surface area contributed by atoms with Crippen LogP contribution in [0.1, 0.15) is 6.42 Å². The second kappa shape index (κ2) is 5.00. The maximum Gasteiger partial charge on any atom is 0.258 e. The van der Waals surface area contributed by atoms with Crippen molar-refractivity contribution in [1.82, 2.24) is 29.7 Å². The van der Waals surface area contributed by atoms with Gasteiger partial charge in [0, 0.05) is 18.8 Å². The third-order valence-corrected chi connectivity index (χ3v) is 4.17. The van der Waals surface area contributed by atoms with Crippen LogP contribution in [0.5, 0.6) is 0 Å². The van der Waals surface area contributed by atoms with Gasteiger partial charge in [-0.05, 0) is 12.2 Å². The number of thioether (sulfide) groups is 1. The molecule has 0 amide bonds. The second-order valence-corrected chi connectivity index (χ2v) is 5.41. The largest absolute Gasteiger partial charge is 0.368 e. The number of hydrogen-bond donors (Lipinski definition) is 1. The Balaban J connectivity index is 1.93. The van der Waals surface area contributed by atoms with Gasteiger partial charge in [0.05, 0.1) is 0 Å². The van der Waals surface area contributed by atoms with Crippen LogP contribution in [0.15, 0.2) is 12.7 Å². The van der Waals surface area contributed by atoms with Gasteiger partial charge in [-0.25, -0.2) is 4.98 Å². The molecular formula is C10H14N8S. The van der Waals surface area contributed by atoms with Gasteiger partial charge >= 0.3 is 0 Å². The first-order valence-electron chi connectivity index (χ1n) is 5.91. The Hall–Kier alpha value is -1.90. The van der Waals surface area contributed by atoms with Gasteiger partial charge in [0.1, 0.15) is 12.7 Å². The predicted octanol–water partition coefficient (Wildman–Crippen LogP) is -0.0238. The van der Waals surface area contributed by atoms with Crippen LogP contribution >= 0.6 is 11.8 Å². The molecule has 1 aliphatic rings. The van der Waals surface area contributed by atoms with E-state index in [1.54, 1.807) is 0 Å². The summed E-state index contributed by atoms with van der Waals surface area (Å²) in [7, 11) is 1.98. The van der Waals surface area contributed by atoms with Gasteiger partial charge in [-0.3, -0.25) is 0 Å². The minimum atomic E-state index is 0.188. The van der Waals surface area contributed by atoms with Gasteiger partial charge < -0.3 is 10.6 Å². The van der Waals surface area contributed by atoms with Crippen molar-refractivity contribution >= 4 is 23.7 Å². The van der Waals surface area contributed by atoms with Crippen LogP contribution in [0.2, 0.25) is 0 Å². The molecule has 1 saturated heterocycles. The fourth-order valence-corrected chi connectivity index (χ4v) is 3.20. The average molecular weight is 278 g/mol. The highest BCUT2D eigenvalue weighted by Crippen LogP contribution is 2.24. The molecule has 0 bridgehead atoms.